The van der Waals surface area contributed by atoms with Gasteiger partial charge < -0.3 is 15.5 Å². The number of benzene rings is 1. The number of amides is 2. The molecule has 2 amide bonds. The number of nitrogens with zero attached hydrogens (tertiary/aromatic N) is 1. The summed E-state index contributed by atoms with van der Waals surface area (Å²) in [6, 6.07) is 4.33. The van der Waals surface area contributed by atoms with Crippen LogP contribution in [0.4, 0.5) is 5.69 Å². The summed E-state index contributed by atoms with van der Waals surface area (Å²) >= 11 is 5.74. The van der Waals surface area contributed by atoms with Crippen molar-refractivity contribution in [1.29, 1.82) is 0 Å². The number of nitrogens with one attached hydrogen (secondary N) is 1. The first-order chi connectivity index (χ1) is 9.02. The Morgan fingerprint density at radius 1 is 1.32 bits per heavy atom. The van der Waals surface area contributed by atoms with E-state index in [0.29, 0.717) is 5.69 Å². The van der Waals surface area contributed by atoms with Crippen LogP contribution in [0.2, 0.25) is 5.02 Å². The van der Waals surface area contributed by atoms with Gasteiger partial charge in [0.05, 0.1) is 18.2 Å². The zero-order valence-electron chi connectivity index (χ0n) is 9.76. The van der Waals surface area contributed by atoms with Gasteiger partial charge in [-0.1, -0.05) is 11.6 Å². The zero-order chi connectivity index (χ0) is 14.0. The second-order valence-corrected chi connectivity index (χ2v) is 4.28. The third-order valence-electron chi connectivity index (χ3n) is 2.56. The van der Waals surface area contributed by atoms with Crippen molar-refractivity contribution in [3.8, 4) is 5.75 Å². The summed E-state index contributed by atoms with van der Waals surface area (Å²) in [4.78, 5) is 24.3. The molecular weight excluding hydrogens is 272 g/mol. The van der Waals surface area contributed by atoms with Gasteiger partial charge in [-0.2, -0.15) is 0 Å². The highest BCUT2D eigenvalue weighted by Gasteiger charge is 2.30. The number of aliphatic hydroxyl groups is 1. The van der Waals surface area contributed by atoms with Crippen LogP contribution in [0.5, 0.6) is 5.75 Å². The van der Waals surface area contributed by atoms with E-state index in [1.807, 2.05) is 0 Å². The second kappa shape index (κ2) is 5.29. The Bertz CT molecular complexity index is 571. The molecule has 0 atom stereocenters. The molecule has 0 radical (unpaired) electrons. The van der Waals surface area contributed by atoms with Crippen LogP contribution in [0, 0.1) is 0 Å². The summed E-state index contributed by atoms with van der Waals surface area (Å²) in [6.07, 6.45) is 1.15. The van der Waals surface area contributed by atoms with E-state index in [4.69, 9.17) is 16.7 Å². The molecule has 0 unspecified atom stereocenters. The average molecular weight is 283 g/mol. The standard InChI is InChI=1S/C12H11ClN2O4/c13-8-5-7(1-2-10(8)17)14-9-6-11(18)15(3-4-16)12(9)19/h1-2,5-6,14,16-17H,3-4H2. The predicted octanol–water partition coefficient (Wildman–Crippen LogP) is 0.702. The van der Waals surface area contributed by atoms with E-state index in [1.54, 1.807) is 0 Å². The van der Waals surface area contributed by atoms with Crippen molar-refractivity contribution in [1.82, 2.24) is 4.90 Å². The smallest absolute Gasteiger partial charge is 0.277 e. The minimum atomic E-state index is -0.511. The number of halogens is 1. The molecule has 0 aromatic heterocycles. The van der Waals surface area contributed by atoms with Gasteiger partial charge in [0.2, 0.25) is 0 Å². The lowest BCUT2D eigenvalue weighted by molar-refractivity contribution is -0.137. The normalized spacial score (nSPS) is 14.8. The summed E-state index contributed by atoms with van der Waals surface area (Å²) in [7, 11) is 0. The van der Waals surface area contributed by atoms with Gasteiger partial charge in [0, 0.05) is 11.8 Å². The van der Waals surface area contributed by atoms with Gasteiger partial charge in [-0.3, -0.25) is 14.5 Å². The summed E-state index contributed by atoms with van der Waals surface area (Å²) in [5, 5.41) is 20.9. The van der Waals surface area contributed by atoms with Gasteiger partial charge in [-0.25, -0.2) is 0 Å². The largest absolute Gasteiger partial charge is 0.506 e. The van der Waals surface area contributed by atoms with E-state index >= 15 is 0 Å². The summed E-state index contributed by atoms with van der Waals surface area (Å²) in [5.74, 6) is -1.06. The molecule has 2 rings (SSSR count). The Morgan fingerprint density at radius 2 is 2.05 bits per heavy atom. The Balaban J connectivity index is 2.16. The summed E-state index contributed by atoms with van der Waals surface area (Å²) in [6.45, 7) is -0.334. The molecule has 0 spiro atoms. The number of anilines is 1. The average Bonchev–Trinajstić information content (AvgIpc) is 2.62. The van der Waals surface area contributed by atoms with Crippen LogP contribution in [0.3, 0.4) is 0 Å². The molecule has 0 saturated carbocycles. The molecule has 1 aliphatic heterocycles. The van der Waals surface area contributed by atoms with Gasteiger partial charge in [-0.15, -0.1) is 0 Å². The molecule has 0 aliphatic carbocycles. The molecule has 1 aromatic rings. The maximum atomic E-state index is 11.8. The van der Waals surface area contributed by atoms with Crippen LogP contribution >= 0.6 is 11.6 Å². The first-order valence-corrected chi connectivity index (χ1v) is 5.84. The SMILES string of the molecule is O=C1C=C(Nc2ccc(O)c(Cl)c2)C(=O)N1CCO. The van der Waals surface area contributed by atoms with E-state index < -0.39 is 11.8 Å². The Labute approximate surface area is 113 Å². The van der Waals surface area contributed by atoms with Gasteiger partial charge in [0.15, 0.2) is 0 Å². The molecule has 3 N–H and O–H groups in total. The van der Waals surface area contributed by atoms with Crippen LogP contribution < -0.4 is 5.32 Å². The van der Waals surface area contributed by atoms with Crippen molar-refractivity contribution in [2.75, 3.05) is 18.5 Å². The fraction of sp³-hybridized carbons (Fsp3) is 0.167. The van der Waals surface area contributed by atoms with Crippen molar-refractivity contribution in [3.63, 3.8) is 0 Å². The van der Waals surface area contributed by atoms with Gasteiger partial charge in [-0.05, 0) is 18.2 Å². The van der Waals surface area contributed by atoms with Crippen molar-refractivity contribution in [2.45, 2.75) is 0 Å². The molecule has 19 heavy (non-hydrogen) atoms. The predicted molar refractivity (Wildman–Crippen MR) is 68.6 cm³/mol. The number of phenolic OH excluding ortho intramolecular Hbond substituents is 1. The number of carbonyl (C=O) groups is 2. The number of carbonyl (C=O) groups excluding carboxylic acids is 2. The fourth-order valence-corrected chi connectivity index (χ4v) is 1.83. The highest BCUT2D eigenvalue weighted by molar-refractivity contribution is 6.32. The van der Waals surface area contributed by atoms with Crippen LogP contribution in [-0.4, -0.2) is 40.1 Å². The molecule has 0 saturated heterocycles. The zero-order valence-corrected chi connectivity index (χ0v) is 10.5. The Morgan fingerprint density at radius 3 is 2.68 bits per heavy atom. The lowest BCUT2D eigenvalue weighted by Crippen LogP contribution is -2.34. The minimum absolute atomic E-state index is 0.0460. The quantitative estimate of drug-likeness (QED) is 0.559. The number of imide groups is 1. The van der Waals surface area contributed by atoms with Crippen LogP contribution in [0.25, 0.3) is 0 Å². The number of hydrogen-bond donors (Lipinski definition) is 3. The van der Waals surface area contributed by atoms with E-state index in [1.165, 1.54) is 18.2 Å². The van der Waals surface area contributed by atoms with E-state index in [-0.39, 0.29) is 29.6 Å². The lowest BCUT2D eigenvalue weighted by Gasteiger charge is -2.13. The number of rotatable bonds is 4. The molecule has 100 valence electrons. The maximum absolute atomic E-state index is 11.8. The third-order valence-corrected chi connectivity index (χ3v) is 2.86. The van der Waals surface area contributed by atoms with Crippen molar-refractivity contribution in [3.05, 3.63) is 35.0 Å². The Hall–Kier alpha value is -2.05. The monoisotopic (exact) mass is 282 g/mol. The van der Waals surface area contributed by atoms with E-state index in [0.717, 1.165) is 11.0 Å². The number of aliphatic hydroxyl groups excluding tert-OH is 1. The number of β-amino-alcohol motifs (C(OH)–C–C–N with tert-alkyl or cyclic N) is 1. The topological polar surface area (TPSA) is 89.9 Å². The third kappa shape index (κ3) is 2.69. The van der Waals surface area contributed by atoms with E-state index in [2.05, 4.69) is 5.32 Å². The molecule has 1 aromatic carbocycles. The number of aromatic hydroxyl groups is 1. The minimum Gasteiger partial charge on any atom is -0.506 e. The van der Waals surface area contributed by atoms with Crippen LogP contribution in [0.1, 0.15) is 0 Å². The Kier molecular flexibility index (Phi) is 3.73. The first kappa shape index (κ1) is 13.4. The maximum Gasteiger partial charge on any atom is 0.277 e. The number of hydrogen-bond acceptors (Lipinski definition) is 5. The van der Waals surface area contributed by atoms with Gasteiger partial charge in [0.25, 0.3) is 11.8 Å². The van der Waals surface area contributed by atoms with Crippen LogP contribution in [-0.2, 0) is 9.59 Å². The molecule has 0 fully saturated rings. The van der Waals surface area contributed by atoms with Crippen LogP contribution in [0.15, 0.2) is 30.0 Å². The van der Waals surface area contributed by atoms with Gasteiger partial charge >= 0.3 is 0 Å². The van der Waals surface area contributed by atoms with Crippen molar-refractivity contribution in [2.24, 2.45) is 0 Å². The van der Waals surface area contributed by atoms with E-state index in [9.17, 15) is 14.7 Å². The highest BCUT2D eigenvalue weighted by atomic mass is 35.5. The molecule has 1 heterocycles. The van der Waals surface area contributed by atoms with Gasteiger partial charge in [0.1, 0.15) is 11.4 Å². The van der Waals surface area contributed by atoms with Crippen molar-refractivity contribution < 1.29 is 19.8 Å². The molecule has 6 nitrogen and oxygen atoms in total. The second-order valence-electron chi connectivity index (χ2n) is 3.87. The van der Waals surface area contributed by atoms with Crippen molar-refractivity contribution >= 4 is 29.1 Å². The molecule has 0 bridgehead atoms. The number of phenols is 1. The first-order valence-electron chi connectivity index (χ1n) is 5.47. The molecule has 7 heteroatoms. The molecule has 1 aliphatic rings. The fourth-order valence-electron chi connectivity index (χ4n) is 1.65. The summed E-state index contributed by atoms with van der Waals surface area (Å²) in [5.41, 5.74) is 0.571. The molecular formula is C12H11ClN2O4. The highest BCUT2D eigenvalue weighted by Crippen LogP contribution is 2.27. The summed E-state index contributed by atoms with van der Waals surface area (Å²) < 4.78 is 0. The lowest BCUT2D eigenvalue weighted by atomic mass is 10.3.